The number of nitrogens with zero attached hydrogens (tertiary/aromatic N) is 1. The van der Waals surface area contributed by atoms with Crippen molar-refractivity contribution in [3.8, 4) is 0 Å². The molecule has 2 aromatic carbocycles. The molecule has 29 heavy (non-hydrogen) atoms. The van der Waals surface area contributed by atoms with Crippen molar-refractivity contribution >= 4 is 15.9 Å². The predicted molar refractivity (Wildman–Crippen MR) is 104 cm³/mol. The van der Waals surface area contributed by atoms with Crippen molar-refractivity contribution in [2.24, 2.45) is 0 Å². The van der Waals surface area contributed by atoms with E-state index in [1.54, 1.807) is 19.1 Å². The summed E-state index contributed by atoms with van der Waals surface area (Å²) in [5.74, 6) is -0.493. The second-order valence-corrected chi connectivity index (χ2v) is 9.08. The number of sulfonamides is 1. The van der Waals surface area contributed by atoms with E-state index in [0.29, 0.717) is 5.56 Å². The fourth-order valence-electron chi connectivity index (χ4n) is 2.66. The number of carbonyl (C=O) groups is 1. The Labute approximate surface area is 168 Å². The van der Waals surface area contributed by atoms with Crippen LogP contribution in [0.2, 0.25) is 0 Å². The summed E-state index contributed by atoms with van der Waals surface area (Å²) in [5, 5.41) is 2.74. The maximum absolute atomic E-state index is 12.6. The first-order chi connectivity index (χ1) is 13.4. The zero-order valence-electron chi connectivity index (χ0n) is 16.3. The highest BCUT2D eigenvalue weighted by atomic mass is 32.2. The molecule has 0 radical (unpaired) electrons. The molecule has 1 unspecified atom stereocenters. The summed E-state index contributed by atoms with van der Waals surface area (Å²) < 4.78 is 63.1. The van der Waals surface area contributed by atoms with E-state index in [4.69, 9.17) is 0 Å². The fraction of sp³-hybridized carbons (Fsp3) is 0.350. The summed E-state index contributed by atoms with van der Waals surface area (Å²) in [7, 11) is -0.617. The lowest BCUT2D eigenvalue weighted by atomic mass is 9.96. The average Bonchev–Trinajstić information content (AvgIpc) is 2.66. The van der Waals surface area contributed by atoms with Crippen LogP contribution in [-0.2, 0) is 27.5 Å². The van der Waals surface area contributed by atoms with Gasteiger partial charge in [0.15, 0.2) is 0 Å². The Balaban J connectivity index is 1.91. The normalized spacial score (nSPS) is 13.3. The molecule has 0 saturated carbocycles. The van der Waals surface area contributed by atoms with Gasteiger partial charge >= 0.3 is 6.18 Å². The first-order valence-electron chi connectivity index (χ1n) is 8.86. The Hall–Kier alpha value is -2.39. The minimum atomic E-state index is -4.39. The summed E-state index contributed by atoms with van der Waals surface area (Å²) >= 11 is 0. The SMILES string of the molecule is CC(CC(=O)NCc1ccc(S(=O)(=O)N(C)C)cc1)c1ccc(C(F)(F)F)cc1. The zero-order chi connectivity index (χ0) is 21.8. The van der Waals surface area contributed by atoms with E-state index in [2.05, 4.69) is 5.32 Å². The molecule has 0 spiro atoms. The van der Waals surface area contributed by atoms with Crippen LogP contribution in [0.1, 0.15) is 36.0 Å². The van der Waals surface area contributed by atoms with E-state index in [9.17, 15) is 26.4 Å². The summed E-state index contributed by atoms with van der Waals surface area (Å²) in [4.78, 5) is 12.3. The van der Waals surface area contributed by atoms with E-state index in [-0.39, 0.29) is 29.7 Å². The molecule has 0 aliphatic rings. The molecule has 1 N–H and O–H groups in total. The quantitative estimate of drug-likeness (QED) is 0.730. The average molecular weight is 428 g/mol. The van der Waals surface area contributed by atoms with E-state index < -0.39 is 21.8 Å². The summed E-state index contributed by atoms with van der Waals surface area (Å²) in [6.07, 6.45) is -4.26. The van der Waals surface area contributed by atoms with Crippen LogP contribution in [0.5, 0.6) is 0 Å². The van der Waals surface area contributed by atoms with Gasteiger partial charge in [-0.25, -0.2) is 12.7 Å². The first kappa shape index (κ1) is 22.9. The Bertz CT molecular complexity index is 938. The first-order valence-corrected chi connectivity index (χ1v) is 10.3. The Morgan fingerprint density at radius 1 is 1.03 bits per heavy atom. The number of halogens is 3. The third-order valence-electron chi connectivity index (χ3n) is 4.49. The van der Waals surface area contributed by atoms with Crippen LogP contribution < -0.4 is 5.32 Å². The lowest BCUT2D eigenvalue weighted by molar-refractivity contribution is -0.137. The number of rotatable bonds is 7. The van der Waals surface area contributed by atoms with Crippen molar-refractivity contribution < 1.29 is 26.4 Å². The standard InChI is InChI=1S/C20H23F3N2O3S/c1-14(16-6-8-17(9-7-16)20(21,22)23)12-19(26)24-13-15-4-10-18(11-5-15)29(27,28)25(2)3/h4-11,14H,12-13H2,1-3H3,(H,24,26). The number of alkyl halides is 3. The van der Waals surface area contributed by atoms with Gasteiger partial charge in [-0.3, -0.25) is 4.79 Å². The van der Waals surface area contributed by atoms with Gasteiger partial charge in [-0.1, -0.05) is 31.2 Å². The van der Waals surface area contributed by atoms with Crippen LogP contribution in [0.25, 0.3) is 0 Å². The summed E-state index contributed by atoms with van der Waals surface area (Å²) in [6, 6.07) is 11.0. The molecule has 0 aliphatic heterocycles. The minimum Gasteiger partial charge on any atom is -0.352 e. The molecule has 0 bridgehead atoms. The highest BCUT2D eigenvalue weighted by molar-refractivity contribution is 7.89. The van der Waals surface area contributed by atoms with Crippen LogP contribution >= 0.6 is 0 Å². The van der Waals surface area contributed by atoms with Gasteiger partial charge in [0, 0.05) is 27.1 Å². The molecule has 0 fully saturated rings. The van der Waals surface area contributed by atoms with E-state index in [0.717, 1.165) is 22.0 Å². The van der Waals surface area contributed by atoms with Crippen molar-refractivity contribution in [3.63, 3.8) is 0 Å². The van der Waals surface area contributed by atoms with Gasteiger partial charge < -0.3 is 5.32 Å². The Morgan fingerprint density at radius 3 is 2.07 bits per heavy atom. The number of hydrogen-bond acceptors (Lipinski definition) is 3. The van der Waals surface area contributed by atoms with Gasteiger partial charge in [-0.15, -0.1) is 0 Å². The molecule has 0 saturated heterocycles. The number of nitrogens with one attached hydrogen (secondary N) is 1. The van der Waals surface area contributed by atoms with Gasteiger partial charge in [0.2, 0.25) is 15.9 Å². The van der Waals surface area contributed by atoms with Crippen molar-refractivity contribution in [2.75, 3.05) is 14.1 Å². The largest absolute Gasteiger partial charge is 0.416 e. The minimum absolute atomic E-state index is 0.123. The van der Waals surface area contributed by atoms with Crippen LogP contribution in [0.3, 0.4) is 0 Å². The molecule has 2 aromatic rings. The number of hydrogen-bond donors (Lipinski definition) is 1. The Kier molecular flexibility index (Phi) is 7.07. The van der Waals surface area contributed by atoms with Crippen molar-refractivity contribution in [1.29, 1.82) is 0 Å². The maximum Gasteiger partial charge on any atom is 0.416 e. The number of benzene rings is 2. The molecular formula is C20H23F3N2O3S. The van der Waals surface area contributed by atoms with Crippen LogP contribution in [0, 0.1) is 0 Å². The predicted octanol–water partition coefficient (Wildman–Crippen LogP) is 3.77. The molecule has 158 valence electrons. The van der Waals surface area contributed by atoms with Gasteiger partial charge in [0.25, 0.3) is 0 Å². The summed E-state index contributed by atoms with van der Waals surface area (Å²) in [5.41, 5.74) is 0.655. The molecule has 2 rings (SSSR count). The molecule has 9 heteroatoms. The van der Waals surface area contributed by atoms with Crippen molar-refractivity contribution in [2.45, 2.75) is 36.9 Å². The molecule has 0 aliphatic carbocycles. The van der Waals surface area contributed by atoms with Crippen molar-refractivity contribution in [3.05, 3.63) is 65.2 Å². The smallest absolute Gasteiger partial charge is 0.352 e. The van der Waals surface area contributed by atoms with Crippen LogP contribution in [0.15, 0.2) is 53.4 Å². The second-order valence-electron chi connectivity index (χ2n) is 6.93. The third-order valence-corrected chi connectivity index (χ3v) is 6.32. The molecule has 5 nitrogen and oxygen atoms in total. The second kappa shape index (κ2) is 8.96. The monoisotopic (exact) mass is 428 g/mol. The van der Waals surface area contributed by atoms with Crippen LogP contribution in [0.4, 0.5) is 13.2 Å². The fourth-order valence-corrected chi connectivity index (χ4v) is 3.56. The van der Waals surface area contributed by atoms with E-state index in [1.165, 1.54) is 38.4 Å². The maximum atomic E-state index is 12.6. The zero-order valence-corrected chi connectivity index (χ0v) is 17.1. The lowest BCUT2D eigenvalue weighted by Gasteiger charge is -2.14. The van der Waals surface area contributed by atoms with E-state index >= 15 is 0 Å². The summed E-state index contributed by atoms with van der Waals surface area (Å²) in [6.45, 7) is 1.99. The molecule has 0 aromatic heterocycles. The number of amides is 1. The third kappa shape index (κ3) is 6.04. The van der Waals surface area contributed by atoms with Gasteiger partial charge in [-0.05, 0) is 41.3 Å². The van der Waals surface area contributed by atoms with E-state index in [1.807, 2.05) is 0 Å². The highest BCUT2D eigenvalue weighted by Crippen LogP contribution is 2.30. The molecule has 1 atom stereocenters. The lowest BCUT2D eigenvalue weighted by Crippen LogP contribution is -2.24. The molecular weight excluding hydrogens is 405 g/mol. The van der Waals surface area contributed by atoms with Gasteiger partial charge in [0.05, 0.1) is 10.5 Å². The highest BCUT2D eigenvalue weighted by Gasteiger charge is 2.30. The molecule has 1 amide bonds. The number of carbonyl (C=O) groups excluding carboxylic acids is 1. The topological polar surface area (TPSA) is 66.5 Å². The van der Waals surface area contributed by atoms with Gasteiger partial charge in [-0.2, -0.15) is 13.2 Å². The van der Waals surface area contributed by atoms with Crippen LogP contribution in [-0.4, -0.2) is 32.7 Å². The molecule has 0 heterocycles. The Morgan fingerprint density at radius 2 is 1.59 bits per heavy atom. The van der Waals surface area contributed by atoms with Crippen molar-refractivity contribution in [1.82, 2.24) is 9.62 Å². The van der Waals surface area contributed by atoms with Gasteiger partial charge in [0.1, 0.15) is 0 Å².